The van der Waals surface area contributed by atoms with Crippen LogP contribution >= 0.6 is 0 Å². The Morgan fingerprint density at radius 2 is 1.87 bits per heavy atom. The summed E-state index contributed by atoms with van der Waals surface area (Å²) in [5.41, 5.74) is 0.0561. The third-order valence-corrected chi connectivity index (χ3v) is 4.39. The summed E-state index contributed by atoms with van der Waals surface area (Å²) in [6.45, 7) is 1.81. The smallest absolute Gasteiger partial charge is 0.264 e. The number of ether oxygens (including phenoxy) is 2. The number of aryl methyl sites for hydroxylation is 1. The minimum atomic E-state index is -3.93. The van der Waals surface area contributed by atoms with Crippen molar-refractivity contribution >= 4 is 16.0 Å². The van der Waals surface area contributed by atoms with Crippen LogP contribution in [0.5, 0.6) is 11.5 Å². The van der Waals surface area contributed by atoms with Crippen molar-refractivity contribution in [3.8, 4) is 11.5 Å². The fourth-order valence-corrected chi connectivity index (χ4v) is 2.89. The van der Waals surface area contributed by atoms with Crippen LogP contribution in [0.2, 0.25) is 0 Å². The van der Waals surface area contributed by atoms with Gasteiger partial charge in [-0.15, -0.1) is 0 Å². The van der Waals surface area contributed by atoms with E-state index in [4.69, 9.17) is 9.47 Å². The van der Waals surface area contributed by atoms with Gasteiger partial charge in [0.1, 0.15) is 0 Å². The molecular weight excluding hydrogens is 322 g/mol. The van der Waals surface area contributed by atoms with Crippen LogP contribution in [-0.4, -0.2) is 32.6 Å². The van der Waals surface area contributed by atoms with Gasteiger partial charge in [-0.1, -0.05) is 6.92 Å². The summed E-state index contributed by atoms with van der Waals surface area (Å²) < 4.78 is 37.2. The molecule has 0 aliphatic carbocycles. The lowest BCUT2D eigenvalue weighted by atomic mass is 10.3. The first-order chi connectivity index (χ1) is 10.9. The first kappa shape index (κ1) is 16.8. The molecule has 2 N–H and O–H groups in total. The van der Waals surface area contributed by atoms with Crippen LogP contribution in [0.4, 0.5) is 5.95 Å². The normalized spacial score (nSPS) is 11.1. The Kier molecular flexibility index (Phi) is 4.89. The highest BCUT2D eigenvalue weighted by Crippen LogP contribution is 2.29. The molecule has 1 aromatic carbocycles. The Labute approximate surface area is 133 Å². The van der Waals surface area contributed by atoms with Gasteiger partial charge in [-0.3, -0.25) is 9.78 Å². The number of rotatable bonds is 6. The largest absolute Gasteiger partial charge is 0.493 e. The van der Waals surface area contributed by atoms with Gasteiger partial charge in [0.15, 0.2) is 11.5 Å². The summed E-state index contributed by atoms with van der Waals surface area (Å²) in [4.78, 5) is 17.9. The summed E-state index contributed by atoms with van der Waals surface area (Å²) in [6.07, 6.45) is 0.509. The number of H-pyrrole nitrogens is 1. The van der Waals surface area contributed by atoms with Crippen LogP contribution < -0.4 is 19.8 Å². The molecule has 0 fully saturated rings. The monoisotopic (exact) mass is 339 g/mol. The van der Waals surface area contributed by atoms with Crippen molar-refractivity contribution in [2.24, 2.45) is 0 Å². The van der Waals surface area contributed by atoms with E-state index < -0.39 is 15.6 Å². The van der Waals surface area contributed by atoms with Gasteiger partial charge in [-0.2, -0.15) is 0 Å². The predicted molar refractivity (Wildman–Crippen MR) is 84.6 cm³/mol. The van der Waals surface area contributed by atoms with E-state index in [0.717, 1.165) is 0 Å². The average molecular weight is 339 g/mol. The topological polar surface area (TPSA) is 110 Å². The zero-order valence-electron chi connectivity index (χ0n) is 12.9. The maximum atomic E-state index is 12.4. The molecule has 0 bridgehead atoms. The predicted octanol–water partition coefficient (Wildman–Crippen LogP) is 1.15. The number of aromatic amines is 1. The van der Waals surface area contributed by atoms with Crippen molar-refractivity contribution in [3.05, 3.63) is 40.3 Å². The van der Waals surface area contributed by atoms with Crippen molar-refractivity contribution in [3.63, 3.8) is 0 Å². The number of methoxy groups -OCH3 is 2. The van der Waals surface area contributed by atoms with Crippen molar-refractivity contribution in [1.29, 1.82) is 0 Å². The van der Waals surface area contributed by atoms with Crippen LogP contribution in [0.15, 0.2) is 34.0 Å². The summed E-state index contributed by atoms with van der Waals surface area (Å²) in [5, 5.41) is 0. The second-order valence-electron chi connectivity index (χ2n) is 4.56. The second-order valence-corrected chi connectivity index (χ2v) is 6.24. The van der Waals surface area contributed by atoms with Crippen LogP contribution in [0.25, 0.3) is 0 Å². The summed E-state index contributed by atoms with van der Waals surface area (Å²) in [7, 11) is -1.07. The van der Waals surface area contributed by atoms with Gasteiger partial charge in [0.25, 0.3) is 15.6 Å². The van der Waals surface area contributed by atoms with E-state index in [0.29, 0.717) is 17.9 Å². The number of benzene rings is 1. The van der Waals surface area contributed by atoms with Crippen molar-refractivity contribution in [2.75, 3.05) is 18.9 Å². The highest BCUT2D eigenvalue weighted by Gasteiger charge is 2.18. The molecule has 2 aromatic rings. The number of hydrogen-bond donors (Lipinski definition) is 2. The number of aromatic nitrogens is 2. The molecule has 0 aliphatic rings. The Hall–Kier alpha value is -2.55. The molecule has 23 heavy (non-hydrogen) atoms. The average Bonchev–Trinajstić information content (AvgIpc) is 2.52. The summed E-state index contributed by atoms with van der Waals surface area (Å²) in [5.74, 6) is 0.550. The quantitative estimate of drug-likeness (QED) is 0.817. The molecular formula is C14H17N3O5S. The zero-order valence-corrected chi connectivity index (χ0v) is 13.7. The lowest BCUT2D eigenvalue weighted by Gasteiger charge is -2.11. The van der Waals surface area contributed by atoms with Gasteiger partial charge in [-0.05, 0) is 18.6 Å². The third-order valence-electron chi connectivity index (χ3n) is 3.05. The molecule has 0 saturated heterocycles. The van der Waals surface area contributed by atoms with Gasteiger partial charge in [-0.25, -0.2) is 18.1 Å². The summed E-state index contributed by atoms with van der Waals surface area (Å²) in [6, 6.07) is 5.48. The molecule has 2 rings (SSSR count). The van der Waals surface area contributed by atoms with Gasteiger partial charge >= 0.3 is 0 Å². The van der Waals surface area contributed by atoms with Crippen molar-refractivity contribution in [2.45, 2.75) is 18.2 Å². The zero-order chi connectivity index (χ0) is 17.0. The van der Waals surface area contributed by atoms with E-state index in [1.165, 1.54) is 38.5 Å². The van der Waals surface area contributed by atoms with E-state index in [1.54, 1.807) is 0 Å². The molecule has 0 radical (unpaired) electrons. The van der Waals surface area contributed by atoms with Crippen LogP contribution in [0, 0.1) is 0 Å². The van der Waals surface area contributed by atoms with Gasteiger partial charge in [0, 0.05) is 17.8 Å². The molecule has 0 amide bonds. The first-order valence-electron chi connectivity index (χ1n) is 6.74. The molecule has 0 aliphatic heterocycles. The van der Waals surface area contributed by atoms with E-state index >= 15 is 0 Å². The molecule has 0 spiro atoms. The van der Waals surface area contributed by atoms with Gasteiger partial charge in [0.05, 0.1) is 19.1 Å². The first-order valence-corrected chi connectivity index (χ1v) is 8.23. The highest BCUT2D eigenvalue weighted by atomic mass is 32.2. The van der Waals surface area contributed by atoms with Crippen LogP contribution in [0.3, 0.4) is 0 Å². The second kappa shape index (κ2) is 6.69. The molecule has 0 unspecified atom stereocenters. The summed E-state index contributed by atoms with van der Waals surface area (Å²) >= 11 is 0. The minimum absolute atomic E-state index is 0.0419. The van der Waals surface area contributed by atoms with Crippen molar-refractivity contribution < 1.29 is 17.9 Å². The van der Waals surface area contributed by atoms with Gasteiger partial charge in [0.2, 0.25) is 5.95 Å². The highest BCUT2D eigenvalue weighted by molar-refractivity contribution is 7.92. The molecule has 124 valence electrons. The maximum absolute atomic E-state index is 12.4. The molecule has 1 aromatic heterocycles. The molecule has 8 nitrogen and oxygen atoms in total. The van der Waals surface area contributed by atoms with Crippen LogP contribution in [0.1, 0.15) is 12.6 Å². The molecule has 0 saturated carbocycles. The lowest BCUT2D eigenvalue weighted by molar-refractivity contribution is 0.354. The Morgan fingerprint density at radius 1 is 1.17 bits per heavy atom. The molecule has 0 atom stereocenters. The van der Waals surface area contributed by atoms with E-state index in [1.807, 2.05) is 6.92 Å². The third kappa shape index (κ3) is 3.81. The minimum Gasteiger partial charge on any atom is -0.493 e. The van der Waals surface area contributed by atoms with E-state index in [9.17, 15) is 13.2 Å². The molecule has 9 heteroatoms. The molecule has 1 heterocycles. The Balaban J connectivity index is 2.39. The lowest BCUT2D eigenvalue weighted by Crippen LogP contribution is -2.19. The van der Waals surface area contributed by atoms with E-state index in [2.05, 4.69) is 14.7 Å². The number of nitrogens with one attached hydrogen (secondary N) is 2. The Morgan fingerprint density at radius 3 is 2.48 bits per heavy atom. The fraction of sp³-hybridized carbons (Fsp3) is 0.286. The standard InChI is InChI=1S/C14H17N3O5S/c1-4-9-7-13(18)16-14(15-9)17-23(19,20)10-5-6-11(21-2)12(8-10)22-3/h5-8H,4H2,1-3H3,(H2,15,16,17,18). The van der Waals surface area contributed by atoms with Gasteiger partial charge < -0.3 is 9.47 Å². The van der Waals surface area contributed by atoms with Crippen LogP contribution in [-0.2, 0) is 16.4 Å². The Bertz CT molecular complexity index is 861. The number of hydrogen-bond acceptors (Lipinski definition) is 6. The van der Waals surface area contributed by atoms with Crippen molar-refractivity contribution in [1.82, 2.24) is 9.97 Å². The number of anilines is 1. The fourth-order valence-electron chi connectivity index (χ4n) is 1.91. The number of nitrogens with zero attached hydrogens (tertiary/aromatic N) is 1. The maximum Gasteiger partial charge on any atom is 0.264 e. The SMILES string of the molecule is CCc1cc(=O)[nH]c(NS(=O)(=O)c2ccc(OC)c(OC)c2)n1. The van der Waals surface area contributed by atoms with E-state index in [-0.39, 0.29) is 16.6 Å². The number of sulfonamides is 1.